The fourth-order valence-electron chi connectivity index (χ4n) is 2.02. The van der Waals surface area contributed by atoms with Gasteiger partial charge in [-0.3, -0.25) is 4.79 Å². The van der Waals surface area contributed by atoms with Crippen LogP contribution in [0, 0.1) is 12.7 Å². The molecule has 2 aromatic rings. The highest BCUT2D eigenvalue weighted by Crippen LogP contribution is 2.21. The Morgan fingerprint density at radius 2 is 1.90 bits per heavy atom. The van der Waals surface area contributed by atoms with Crippen molar-refractivity contribution in [2.45, 2.75) is 12.8 Å². The van der Waals surface area contributed by atoms with Gasteiger partial charge in [-0.05, 0) is 30.2 Å². The number of rotatable bonds is 4. The van der Waals surface area contributed by atoms with Gasteiger partial charge in [-0.25, -0.2) is 4.39 Å². The summed E-state index contributed by atoms with van der Waals surface area (Å²) in [5.74, 6) is -1.73. The molecule has 1 atom stereocenters. The van der Waals surface area contributed by atoms with Crippen molar-refractivity contribution in [1.29, 1.82) is 0 Å². The van der Waals surface area contributed by atoms with Gasteiger partial charge in [-0.2, -0.15) is 0 Å². The topological polar surface area (TPSA) is 55.1 Å². The van der Waals surface area contributed by atoms with Crippen LogP contribution in [0.15, 0.2) is 48.5 Å². The van der Waals surface area contributed by atoms with E-state index in [0.717, 1.165) is 5.56 Å². The number of anilines is 1. The van der Waals surface area contributed by atoms with Crippen LogP contribution >= 0.6 is 12.2 Å². The molecule has 1 amide bonds. The third kappa shape index (κ3) is 3.64. The summed E-state index contributed by atoms with van der Waals surface area (Å²) in [4.78, 5) is 12.4. The van der Waals surface area contributed by atoms with Gasteiger partial charge in [0.1, 0.15) is 11.7 Å². The first kappa shape index (κ1) is 15.1. The Kier molecular flexibility index (Phi) is 4.65. The highest BCUT2D eigenvalue weighted by Gasteiger charge is 2.24. The molecular weight excluding hydrogens is 287 g/mol. The minimum Gasteiger partial charge on any atom is -0.392 e. The lowest BCUT2D eigenvalue weighted by Crippen LogP contribution is -2.31. The largest absolute Gasteiger partial charge is 0.392 e. The summed E-state index contributed by atoms with van der Waals surface area (Å²) in [5.41, 5.74) is 7.23. The van der Waals surface area contributed by atoms with E-state index in [0.29, 0.717) is 5.56 Å². The summed E-state index contributed by atoms with van der Waals surface area (Å²) in [6.45, 7) is 1.77. The molecule has 3 N–H and O–H groups in total. The maximum Gasteiger partial charge on any atom is 0.238 e. The van der Waals surface area contributed by atoms with E-state index in [9.17, 15) is 9.18 Å². The van der Waals surface area contributed by atoms with Crippen LogP contribution < -0.4 is 11.1 Å². The normalized spacial score (nSPS) is 11.7. The lowest BCUT2D eigenvalue weighted by atomic mass is 9.98. The molecule has 2 rings (SSSR count). The second kappa shape index (κ2) is 6.45. The molecule has 0 saturated heterocycles. The highest BCUT2D eigenvalue weighted by atomic mass is 32.1. The van der Waals surface area contributed by atoms with Crippen molar-refractivity contribution in [2.24, 2.45) is 5.73 Å². The number of amides is 1. The van der Waals surface area contributed by atoms with Crippen molar-refractivity contribution in [2.75, 3.05) is 5.32 Å². The molecule has 3 nitrogen and oxygen atoms in total. The Labute approximate surface area is 128 Å². The van der Waals surface area contributed by atoms with E-state index in [1.807, 2.05) is 6.07 Å². The van der Waals surface area contributed by atoms with Crippen LogP contribution in [0.3, 0.4) is 0 Å². The van der Waals surface area contributed by atoms with E-state index in [1.165, 1.54) is 12.1 Å². The van der Waals surface area contributed by atoms with Crippen LogP contribution in [0.4, 0.5) is 10.1 Å². The Hall–Kier alpha value is -2.27. The van der Waals surface area contributed by atoms with Gasteiger partial charge in [0.05, 0.1) is 10.7 Å². The lowest BCUT2D eigenvalue weighted by Gasteiger charge is -2.16. The molecule has 0 heterocycles. The van der Waals surface area contributed by atoms with Crippen molar-refractivity contribution in [3.05, 3.63) is 65.5 Å². The maximum atomic E-state index is 13.8. The predicted octanol–water partition coefficient (Wildman–Crippen LogP) is 3.14. The third-order valence-corrected chi connectivity index (χ3v) is 3.30. The van der Waals surface area contributed by atoms with Gasteiger partial charge in [0.15, 0.2) is 0 Å². The molecule has 0 aliphatic rings. The van der Waals surface area contributed by atoms with Gasteiger partial charge < -0.3 is 11.1 Å². The van der Waals surface area contributed by atoms with E-state index >= 15 is 0 Å². The van der Waals surface area contributed by atoms with Gasteiger partial charge in [0.25, 0.3) is 0 Å². The third-order valence-electron chi connectivity index (χ3n) is 3.06. The highest BCUT2D eigenvalue weighted by molar-refractivity contribution is 7.80. The van der Waals surface area contributed by atoms with E-state index in [-0.39, 0.29) is 10.7 Å². The predicted molar refractivity (Wildman–Crippen MR) is 85.7 cm³/mol. The Bertz CT molecular complexity index is 673. The van der Waals surface area contributed by atoms with Crippen molar-refractivity contribution >= 4 is 28.8 Å². The zero-order chi connectivity index (χ0) is 15.4. The van der Waals surface area contributed by atoms with Crippen LogP contribution in [-0.4, -0.2) is 10.9 Å². The van der Waals surface area contributed by atoms with E-state index in [2.05, 4.69) is 5.32 Å². The zero-order valence-electron chi connectivity index (χ0n) is 11.5. The first-order valence-electron chi connectivity index (χ1n) is 6.40. The summed E-state index contributed by atoms with van der Waals surface area (Å²) >= 11 is 4.97. The van der Waals surface area contributed by atoms with Crippen LogP contribution in [0.1, 0.15) is 17.0 Å². The Morgan fingerprint density at radius 3 is 2.48 bits per heavy atom. The number of thiocarbonyl (C=S) groups is 1. The lowest BCUT2D eigenvalue weighted by molar-refractivity contribution is -0.116. The van der Waals surface area contributed by atoms with E-state index in [1.54, 1.807) is 37.3 Å². The number of nitrogens with two attached hydrogens (primary N) is 1. The zero-order valence-corrected chi connectivity index (χ0v) is 12.3. The average molecular weight is 302 g/mol. The molecule has 0 radical (unpaired) electrons. The maximum absolute atomic E-state index is 13.8. The SMILES string of the molecule is Cc1ccc(NC(=O)C(C(N)=S)c2ccccc2)c(F)c1. The van der Waals surface area contributed by atoms with Crippen LogP contribution in [0.25, 0.3) is 0 Å². The molecule has 0 saturated carbocycles. The molecule has 2 aromatic carbocycles. The molecule has 5 heteroatoms. The van der Waals surface area contributed by atoms with Gasteiger partial charge in [0, 0.05) is 0 Å². The summed E-state index contributed by atoms with van der Waals surface area (Å²) in [6.07, 6.45) is 0. The molecule has 0 bridgehead atoms. The molecule has 1 unspecified atom stereocenters. The Balaban J connectivity index is 2.26. The second-order valence-electron chi connectivity index (χ2n) is 4.72. The summed E-state index contributed by atoms with van der Waals surface area (Å²) < 4.78 is 13.8. The summed E-state index contributed by atoms with van der Waals surface area (Å²) in [6, 6.07) is 13.5. The minimum absolute atomic E-state index is 0.0474. The molecule has 0 fully saturated rings. The number of halogens is 1. The van der Waals surface area contributed by atoms with Crippen LogP contribution in [-0.2, 0) is 4.79 Å². The van der Waals surface area contributed by atoms with Gasteiger partial charge in [-0.15, -0.1) is 0 Å². The fourth-order valence-corrected chi connectivity index (χ4v) is 2.26. The quantitative estimate of drug-likeness (QED) is 0.853. The molecule has 0 aliphatic heterocycles. The first-order valence-corrected chi connectivity index (χ1v) is 6.81. The summed E-state index contributed by atoms with van der Waals surface area (Å²) in [7, 11) is 0. The van der Waals surface area contributed by atoms with Crippen molar-refractivity contribution in [3.63, 3.8) is 0 Å². The van der Waals surface area contributed by atoms with Gasteiger partial charge in [0.2, 0.25) is 5.91 Å². The van der Waals surface area contributed by atoms with Crippen molar-refractivity contribution in [3.8, 4) is 0 Å². The number of benzene rings is 2. The van der Waals surface area contributed by atoms with Crippen molar-refractivity contribution < 1.29 is 9.18 Å². The number of aryl methyl sites for hydroxylation is 1. The second-order valence-corrected chi connectivity index (χ2v) is 5.19. The molecule has 21 heavy (non-hydrogen) atoms. The van der Waals surface area contributed by atoms with Gasteiger partial charge in [-0.1, -0.05) is 48.6 Å². The Morgan fingerprint density at radius 1 is 1.24 bits per heavy atom. The number of hydrogen-bond acceptors (Lipinski definition) is 2. The first-order chi connectivity index (χ1) is 9.99. The number of nitrogens with one attached hydrogen (secondary N) is 1. The van der Waals surface area contributed by atoms with Crippen LogP contribution in [0.2, 0.25) is 0 Å². The molecular formula is C16H15FN2OS. The van der Waals surface area contributed by atoms with E-state index in [4.69, 9.17) is 18.0 Å². The smallest absolute Gasteiger partial charge is 0.238 e. The number of hydrogen-bond donors (Lipinski definition) is 2. The average Bonchev–Trinajstić information content (AvgIpc) is 2.43. The molecule has 0 aliphatic carbocycles. The molecule has 0 aromatic heterocycles. The van der Waals surface area contributed by atoms with Crippen molar-refractivity contribution in [1.82, 2.24) is 0 Å². The van der Waals surface area contributed by atoms with E-state index < -0.39 is 17.6 Å². The number of carbonyl (C=O) groups excluding carboxylic acids is 1. The summed E-state index contributed by atoms with van der Waals surface area (Å²) in [5, 5.41) is 2.54. The van der Waals surface area contributed by atoms with Crippen LogP contribution in [0.5, 0.6) is 0 Å². The van der Waals surface area contributed by atoms with Gasteiger partial charge >= 0.3 is 0 Å². The monoisotopic (exact) mass is 302 g/mol. The number of carbonyl (C=O) groups is 1. The minimum atomic E-state index is -0.790. The molecule has 0 spiro atoms. The fraction of sp³-hybridized carbons (Fsp3) is 0.125. The standard InChI is InChI=1S/C16H15FN2OS/c1-10-7-8-13(12(17)9-10)19-16(20)14(15(18)21)11-5-3-2-4-6-11/h2-9,14H,1H3,(H2,18,21)(H,19,20). The molecule has 108 valence electrons.